The van der Waals surface area contributed by atoms with Gasteiger partial charge < -0.3 is 9.15 Å². The number of rotatable bonds is 6. The molecule has 1 heterocycles. The van der Waals surface area contributed by atoms with Gasteiger partial charge in [-0.25, -0.2) is 5.43 Å². The van der Waals surface area contributed by atoms with Crippen molar-refractivity contribution in [1.29, 1.82) is 0 Å². The first-order chi connectivity index (χ1) is 8.74. The number of hydrogen-bond acceptors (Lipinski definition) is 4. The smallest absolute Gasteiger partial charge is 0.134 e. The van der Waals surface area contributed by atoms with Crippen molar-refractivity contribution < 1.29 is 9.15 Å². The lowest BCUT2D eigenvalue weighted by Gasteiger charge is -2.12. The summed E-state index contributed by atoms with van der Waals surface area (Å²) in [6.45, 7) is 3.31. The third-order valence-electron chi connectivity index (χ3n) is 2.80. The van der Waals surface area contributed by atoms with Crippen LogP contribution in [-0.2, 0) is 4.74 Å². The zero-order valence-electron chi connectivity index (χ0n) is 10.3. The van der Waals surface area contributed by atoms with E-state index >= 15 is 0 Å². The molecule has 0 aliphatic heterocycles. The normalized spacial score (nSPS) is 13.1. The molecule has 1 atom stereocenters. The molecule has 0 radical (unpaired) electrons. The molecule has 0 saturated carbocycles. The number of nitrogens with two attached hydrogens (primary N) is 1. The van der Waals surface area contributed by atoms with Crippen molar-refractivity contribution in [1.82, 2.24) is 5.43 Å². The Morgan fingerprint density at radius 1 is 1.44 bits per heavy atom. The number of ether oxygens (including phenoxy) is 1. The van der Waals surface area contributed by atoms with E-state index in [1.165, 1.54) is 0 Å². The Kier molecular flexibility index (Phi) is 4.60. The SMILES string of the molecule is CCOCCC(NN)c1cc2cc(Cl)ccc2o1. The fourth-order valence-electron chi connectivity index (χ4n) is 1.86. The number of benzene rings is 1. The van der Waals surface area contributed by atoms with Crippen molar-refractivity contribution in [3.05, 3.63) is 35.0 Å². The van der Waals surface area contributed by atoms with Crippen LogP contribution in [0.5, 0.6) is 0 Å². The topological polar surface area (TPSA) is 60.4 Å². The van der Waals surface area contributed by atoms with Gasteiger partial charge in [-0.15, -0.1) is 0 Å². The van der Waals surface area contributed by atoms with Crippen LogP contribution in [0.4, 0.5) is 0 Å². The molecule has 2 rings (SSSR count). The number of hydrogen-bond donors (Lipinski definition) is 2. The summed E-state index contributed by atoms with van der Waals surface area (Å²) in [5, 5.41) is 1.68. The van der Waals surface area contributed by atoms with Crippen molar-refractivity contribution in [3.8, 4) is 0 Å². The van der Waals surface area contributed by atoms with Crippen molar-refractivity contribution in [3.63, 3.8) is 0 Å². The van der Waals surface area contributed by atoms with Crippen LogP contribution in [0.25, 0.3) is 11.0 Å². The van der Waals surface area contributed by atoms with Gasteiger partial charge in [0.1, 0.15) is 11.3 Å². The molecule has 18 heavy (non-hydrogen) atoms. The minimum Gasteiger partial charge on any atom is -0.459 e. The second-order valence-corrected chi connectivity index (χ2v) is 4.47. The molecule has 1 aromatic heterocycles. The summed E-state index contributed by atoms with van der Waals surface area (Å²) >= 11 is 5.94. The van der Waals surface area contributed by atoms with Gasteiger partial charge in [0.15, 0.2) is 0 Å². The van der Waals surface area contributed by atoms with Crippen molar-refractivity contribution in [2.24, 2.45) is 5.84 Å². The van der Waals surface area contributed by atoms with E-state index in [4.69, 9.17) is 26.6 Å². The number of fused-ring (bicyclic) bond motifs is 1. The van der Waals surface area contributed by atoms with E-state index in [9.17, 15) is 0 Å². The summed E-state index contributed by atoms with van der Waals surface area (Å²) in [4.78, 5) is 0. The summed E-state index contributed by atoms with van der Waals surface area (Å²) in [5.74, 6) is 6.35. The molecule has 1 aromatic carbocycles. The van der Waals surface area contributed by atoms with Crippen molar-refractivity contribution in [2.75, 3.05) is 13.2 Å². The van der Waals surface area contributed by atoms with Gasteiger partial charge in [-0.3, -0.25) is 5.84 Å². The molecule has 0 saturated heterocycles. The molecule has 1 unspecified atom stereocenters. The highest BCUT2D eigenvalue weighted by molar-refractivity contribution is 6.31. The van der Waals surface area contributed by atoms with Crippen LogP contribution >= 0.6 is 11.6 Å². The van der Waals surface area contributed by atoms with Gasteiger partial charge in [-0.2, -0.15) is 0 Å². The molecule has 98 valence electrons. The maximum atomic E-state index is 5.94. The van der Waals surface area contributed by atoms with Gasteiger partial charge in [-0.05, 0) is 37.6 Å². The number of hydrazine groups is 1. The first-order valence-electron chi connectivity index (χ1n) is 5.97. The minimum absolute atomic E-state index is 0.0530. The summed E-state index contributed by atoms with van der Waals surface area (Å²) in [7, 11) is 0. The standard InChI is InChI=1S/C13H17ClN2O2/c1-2-17-6-5-11(16-15)13-8-9-7-10(14)3-4-12(9)18-13/h3-4,7-8,11,16H,2,5-6,15H2,1H3. The Labute approximate surface area is 111 Å². The molecule has 0 fully saturated rings. The molecule has 0 aliphatic carbocycles. The van der Waals surface area contributed by atoms with E-state index in [-0.39, 0.29) is 6.04 Å². The quantitative estimate of drug-likeness (QED) is 0.480. The fourth-order valence-corrected chi connectivity index (χ4v) is 2.04. The third-order valence-corrected chi connectivity index (χ3v) is 3.03. The molecule has 0 bridgehead atoms. The number of halogens is 1. The van der Waals surface area contributed by atoms with Gasteiger partial charge >= 0.3 is 0 Å². The van der Waals surface area contributed by atoms with Crippen molar-refractivity contribution in [2.45, 2.75) is 19.4 Å². The van der Waals surface area contributed by atoms with Crippen LogP contribution in [0.1, 0.15) is 25.1 Å². The zero-order valence-corrected chi connectivity index (χ0v) is 11.0. The lowest BCUT2D eigenvalue weighted by molar-refractivity contribution is 0.134. The third kappa shape index (κ3) is 3.03. The van der Waals surface area contributed by atoms with Crippen LogP contribution < -0.4 is 11.3 Å². The van der Waals surface area contributed by atoms with Crippen LogP contribution in [-0.4, -0.2) is 13.2 Å². The van der Waals surface area contributed by atoms with E-state index < -0.39 is 0 Å². The molecular formula is C13H17ClN2O2. The summed E-state index contributed by atoms with van der Waals surface area (Å²) in [6.07, 6.45) is 0.762. The van der Waals surface area contributed by atoms with E-state index in [2.05, 4.69) is 5.43 Å². The largest absolute Gasteiger partial charge is 0.459 e. The van der Waals surface area contributed by atoms with Crippen LogP contribution in [0.2, 0.25) is 5.02 Å². The monoisotopic (exact) mass is 268 g/mol. The molecule has 4 nitrogen and oxygen atoms in total. The second-order valence-electron chi connectivity index (χ2n) is 4.04. The Morgan fingerprint density at radius 3 is 3.00 bits per heavy atom. The van der Waals surface area contributed by atoms with Crippen LogP contribution in [0.3, 0.4) is 0 Å². The molecule has 2 aromatic rings. The Morgan fingerprint density at radius 2 is 2.28 bits per heavy atom. The molecule has 0 spiro atoms. The van der Waals surface area contributed by atoms with E-state index in [0.29, 0.717) is 18.2 Å². The van der Waals surface area contributed by atoms with E-state index in [0.717, 1.165) is 23.2 Å². The van der Waals surface area contributed by atoms with Gasteiger partial charge in [-0.1, -0.05) is 11.6 Å². The highest BCUT2D eigenvalue weighted by Gasteiger charge is 2.14. The van der Waals surface area contributed by atoms with E-state index in [1.807, 2.05) is 31.2 Å². The fraction of sp³-hybridized carbons (Fsp3) is 0.385. The van der Waals surface area contributed by atoms with Gasteiger partial charge in [0, 0.05) is 23.6 Å². The molecule has 5 heteroatoms. The summed E-state index contributed by atoms with van der Waals surface area (Å²) < 4.78 is 11.1. The Hall–Kier alpha value is -1.07. The van der Waals surface area contributed by atoms with Crippen molar-refractivity contribution >= 4 is 22.6 Å². The first kappa shape index (κ1) is 13.4. The number of nitrogens with one attached hydrogen (secondary N) is 1. The van der Waals surface area contributed by atoms with Gasteiger partial charge in [0.05, 0.1) is 6.04 Å². The van der Waals surface area contributed by atoms with Gasteiger partial charge in [0.2, 0.25) is 0 Å². The highest BCUT2D eigenvalue weighted by atomic mass is 35.5. The Balaban J connectivity index is 2.17. The minimum atomic E-state index is -0.0530. The molecule has 0 amide bonds. The maximum absolute atomic E-state index is 5.94. The lowest BCUT2D eigenvalue weighted by atomic mass is 10.1. The van der Waals surface area contributed by atoms with Gasteiger partial charge in [0.25, 0.3) is 0 Å². The van der Waals surface area contributed by atoms with Crippen LogP contribution in [0, 0.1) is 0 Å². The zero-order chi connectivity index (χ0) is 13.0. The average molecular weight is 269 g/mol. The van der Waals surface area contributed by atoms with Crippen LogP contribution in [0.15, 0.2) is 28.7 Å². The number of furan rings is 1. The first-order valence-corrected chi connectivity index (χ1v) is 6.35. The second kappa shape index (κ2) is 6.20. The molecule has 3 N–H and O–H groups in total. The van der Waals surface area contributed by atoms with E-state index in [1.54, 1.807) is 0 Å². The predicted octanol–water partition coefficient (Wildman–Crippen LogP) is 3.02. The average Bonchev–Trinajstić information content (AvgIpc) is 2.77. The maximum Gasteiger partial charge on any atom is 0.134 e. The summed E-state index contributed by atoms with van der Waals surface area (Å²) in [5.41, 5.74) is 3.56. The lowest BCUT2D eigenvalue weighted by Crippen LogP contribution is -2.28. The summed E-state index contributed by atoms with van der Waals surface area (Å²) in [6, 6.07) is 7.44. The molecule has 0 aliphatic rings. The molecular weight excluding hydrogens is 252 g/mol. The highest BCUT2D eigenvalue weighted by Crippen LogP contribution is 2.27. The predicted molar refractivity (Wildman–Crippen MR) is 72.4 cm³/mol. The Bertz CT molecular complexity index is 513.